The molecule has 1 aromatic rings. The lowest BCUT2D eigenvalue weighted by Gasteiger charge is -2.12. The third-order valence-corrected chi connectivity index (χ3v) is 3.60. The van der Waals surface area contributed by atoms with Crippen LogP contribution in [0.3, 0.4) is 0 Å². The molecule has 0 saturated carbocycles. The Bertz CT molecular complexity index is 531. The molecule has 2 N–H and O–H groups in total. The summed E-state index contributed by atoms with van der Waals surface area (Å²) in [6, 6.07) is 4.80. The van der Waals surface area contributed by atoms with Crippen LogP contribution in [-0.4, -0.2) is 39.3 Å². The van der Waals surface area contributed by atoms with Gasteiger partial charge in [0, 0.05) is 13.7 Å². The fourth-order valence-corrected chi connectivity index (χ4v) is 2.31. The third kappa shape index (κ3) is 3.49. The Morgan fingerprint density at radius 3 is 2.61 bits per heavy atom. The lowest BCUT2D eigenvalue weighted by atomic mass is 10.3. The number of methoxy groups -OCH3 is 1. The van der Waals surface area contributed by atoms with E-state index in [0.29, 0.717) is 0 Å². The van der Waals surface area contributed by atoms with Crippen molar-refractivity contribution >= 4 is 16.0 Å². The second kappa shape index (κ2) is 5.89. The first kappa shape index (κ1) is 14.6. The van der Waals surface area contributed by atoms with E-state index in [0.717, 1.165) is 19.2 Å². The lowest BCUT2D eigenvalue weighted by molar-refractivity contribution is -0.147. The monoisotopic (exact) mass is 277 g/mol. The van der Waals surface area contributed by atoms with Gasteiger partial charge in [0.25, 0.3) is 0 Å². The van der Waals surface area contributed by atoms with E-state index in [-0.39, 0.29) is 0 Å². The average Bonchev–Trinajstić information content (AvgIpc) is 2.29. The number of benzene rings is 1. The maximum atomic E-state index is 13.3. The normalized spacial score (nSPS) is 13.2. The number of hydrogen-bond donors (Lipinski definition) is 2. The van der Waals surface area contributed by atoms with Crippen molar-refractivity contribution in [3.8, 4) is 0 Å². The number of hydrogen-bond acceptors (Lipinski definition) is 4. The molecule has 8 heteroatoms. The van der Waals surface area contributed by atoms with Gasteiger partial charge in [-0.25, -0.2) is 22.3 Å². The standard InChI is InChI=1S/C10H12FNO5S/c1-17-8(10(13)14)6-12-18(15,16)9-5-3-2-4-7(9)11/h2-5,8,12H,6H2,1H3,(H,13,14). The van der Waals surface area contributed by atoms with Crippen LogP contribution in [0.25, 0.3) is 0 Å². The highest BCUT2D eigenvalue weighted by Gasteiger charge is 2.23. The molecule has 100 valence electrons. The van der Waals surface area contributed by atoms with E-state index in [1.807, 2.05) is 4.72 Å². The van der Waals surface area contributed by atoms with E-state index < -0.39 is 39.4 Å². The molecule has 0 heterocycles. The van der Waals surface area contributed by atoms with Gasteiger partial charge < -0.3 is 9.84 Å². The van der Waals surface area contributed by atoms with E-state index in [1.165, 1.54) is 12.1 Å². The lowest BCUT2D eigenvalue weighted by Crippen LogP contribution is -2.38. The van der Waals surface area contributed by atoms with Crippen molar-refractivity contribution in [2.75, 3.05) is 13.7 Å². The SMILES string of the molecule is COC(CNS(=O)(=O)c1ccccc1F)C(=O)O. The van der Waals surface area contributed by atoms with Gasteiger partial charge in [0.2, 0.25) is 10.0 Å². The fourth-order valence-electron chi connectivity index (χ4n) is 1.20. The summed E-state index contributed by atoms with van der Waals surface area (Å²) in [4.78, 5) is 10.1. The smallest absolute Gasteiger partial charge is 0.334 e. The molecule has 0 amide bonds. The average molecular weight is 277 g/mol. The molecule has 0 aromatic heterocycles. The number of carbonyl (C=O) groups is 1. The fraction of sp³-hybridized carbons (Fsp3) is 0.300. The van der Waals surface area contributed by atoms with Crippen LogP contribution in [0.5, 0.6) is 0 Å². The minimum atomic E-state index is -4.10. The highest BCUT2D eigenvalue weighted by molar-refractivity contribution is 7.89. The molecule has 18 heavy (non-hydrogen) atoms. The first-order valence-electron chi connectivity index (χ1n) is 4.88. The number of sulfonamides is 1. The van der Waals surface area contributed by atoms with E-state index >= 15 is 0 Å². The molecule has 1 rings (SSSR count). The summed E-state index contributed by atoms with van der Waals surface area (Å²) in [6.07, 6.45) is -1.33. The Balaban J connectivity index is 2.84. The van der Waals surface area contributed by atoms with Crippen molar-refractivity contribution in [1.82, 2.24) is 4.72 Å². The maximum Gasteiger partial charge on any atom is 0.334 e. The molecule has 0 spiro atoms. The minimum absolute atomic E-state index is 0.484. The summed E-state index contributed by atoms with van der Waals surface area (Å²) >= 11 is 0. The van der Waals surface area contributed by atoms with Crippen LogP contribution in [0.15, 0.2) is 29.2 Å². The molecule has 0 saturated heterocycles. The Hall–Kier alpha value is -1.51. The first-order valence-corrected chi connectivity index (χ1v) is 6.36. The number of rotatable bonds is 6. The van der Waals surface area contributed by atoms with Crippen molar-refractivity contribution in [2.45, 2.75) is 11.0 Å². The van der Waals surface area contributed by atoms with Crippen molar-refractivity contribution in [3.05, 3.63) is 30.1 Å². The second-order valence-electron chi connectivity index (χ2n) is 3.34. The molecule has 0 fully saturated rings. The number of carboxylic acid groups (broad SMARTS) is 1. The van der Waals surface area contributed by atoms with Crippen molar-refractivity contribution in [3.63, 3.8) is 0 Å². The van der Waals surface area contributed by atoms with Crippen LogP contribution in [0.1, 0.15) is 0 Å². The van der Waals surface area contributed by atoms with Crippen LogP contribution in [0.2, 0.25) is 0 Å². The van der Waals surface area contributed by atoms with Gasteiger partial charge in [-0.1, -0.05) is 12.1 Å². The van der Waals surface area contributed by atoms with Gasteiger partial charge in [0.15, 0.2) is 6.10 Å². The Morgan fingerprint density at radius 2 is 2.11 bits per heavy atom. The maximum absolute atomic E-state index is 13.3. The van der Waals surface area contributed by atoms with Crippen LogP contribution in [-0.2, 0) is 19.6 Å². The number of nitrogens with one attached hydrogen (secondary N) is 1. The summed E-state index contributed by atoms with van der Waals surface area (Å²) in [5.41, 5.74) is 0. The molecule has 0 aliphatic carbocycles. The van der Waals surface area contributed by atoms with E-state index in [9.17, 15) is 17.6 Å². The highest BCUT2D eigenvalue weighted by Crippen LogP contribution is 2.12. The minimum Gasteiger partial charge on any atom is -0.479 e. The van der Waals surface area contributed by atoms with Gasteiger partial charge >= 0.3 is 5.97 Å². The predicted molar refractivity (Wildman–Crippen MR) is 60.0 cm³/mol. The van der Waals surface area contributed by atoms with E-state index in [2.05, 4.69) is 4.74 Å². The van der Waals surface area contributed by atoms with Crippen molar-refractivity contribution < 1.29 is 27.4 Å². The molecule has 1 unspecified atom stereocenters. The van der Waals surface area contributed by atoms with Crippen LogP contribution >= 0.6 is 0 Å². The molecule has 0 aliphatic rings. The molecular weight excluding hydrogens is 265 g/mol. The van der Waals surface area contributed by atoms with Gasteiger partial charge in [-0.05, 0) is 12.1 Å². The Labute approximate surface area is 103 Å². The zero-order chi connectivity index (χ0) is 13.8. The molecule has 0 radical (unpaired) electrons. The van der Waals surface area contributed by atoms with E-state index in [1.54, 1.807) is 0 Å². The predicted octanol–water partition coefficient (Wildman–Crippen LogP) is 0.204. The second-order valence-corrected chi connectivity index (χ2v) is 5.08. The number of aliphatic carboxylic acids is 1. The molecule has 6 nitrogen and oxygen atoms in total. The van der Waals surface area contributed by atoms with Gasteiger partial charge in [-0.3, -0.25) is 0 Å². The van der Waals surface area contributed by atoms with Crippen LogP contribution < -0.4 is 4.72 Å². The van der Waals surface area contributed by atoms with Crippen molar-refractivity contribution in [1.29, 1.82) is 0 Å². The zero-order valence-corrected chi connectivity index (χ0v) is 10.3. The molecule has 1 aromatic carbocycles. The number of carboxylic acids is 1. The molecule has 0 aliphatic heterocycles. The van der Waals surface area contributed by atoms with Gasteiger partial charge in [-0.2, -0.15) is 0 Å². The largest absolute Gasteiger partial charge is 0.479 e. The summed E-state index contributed by atoms with van der Waals surface area (Å²) in [5.74, 6) is -2.22. The summed E-state index contributed by atoms with van der Waals surface area (Å²) in [5, 5.41) is 8.66. The van der Waals surface area contributed by atoms with Gasteiger partial charge in [-0.15, -0.1) is 0 Å². The van der Waals surface area contributed by atoms with Crippen LogP contribution in [0.4, 0.5) is 4.39 Å². The quantitative estimate of drug-likeness (QED) is 0.775. The number of ether oxygens (including phenoxy) is 1. The van der Waals surface area contributed by atoms with Gasteiger partial charge in [0.1, 0.15) is 10.7 Å². The zero-order valence-electron chi connectivity index (χ0n) is 9.46. The summed E-state index contributed by atoms with van der Waals surface area (Å²) in [6.45, 7) is -0.484. The third-order valence-electron chi connectivity index (χ3n) is 2.14. The molecule has 0 bridgehead atoms. The molecular formula is C10H12FNO5S. The first-order chi connectivity index (χ1) is 8.38. The van der Waals surface area contributed by atoms with Crippen molar-refractivity contribution in [2.24, 2.45) is 0 Å². The summed E-state index contributed by atoms with van der Waals surface area (Å²) < 4.78 is 43.2. The topological polar surface area (TPSA) is 92.7 Å². The van der Waals surface area contributed by atoms with Crippen LogP contribution in [0, 0.1) is 5.82 Å². The highest BCUT2D eigenvalue weighted by atomic mass is 32.2. The summed E-state index contributed by atoms with van der Waals surface area (Å²) in [7, 11) is -2.96. The Morgan fingerprint density at radius 1 is 1.50 bits per heavy atom. The molecule has 1 atom stereocenters. The van der Waals surface area contributed by atoms with Gasteiger partial charge in [0.05, 0.1) is 0 Å². The van der Waals surface area contributed by atoms with E-state index in [4.69, 9.17) is 5.11 Å². The Kier molecular flexibility index (Phi) is 4.76. The number of halogens is 1.